The predicted molar refractivity (Wildman–Crippen MR) is 69.6 cm³/mol. The van der Waals surface area contributed by atoms with Gasteiger partial charge in [-0.05, 0) is 18.4 Å². The van der Waals surface area contributed by atoms with Crippen molar-refractivity contribution in [2.45, 2.75) is 25.8 Å². The summed E-state index contributed by atoms with van der Waals surface area (Å²) in [6.07, 6.45) is 2.57. The quantitative estimate of drug-likeness (QED) is 0.766. The van der Waals surface area contributed by atoms with Gasteiger partial charge < -0.3 is 10.5 Å². The van der Waals surface area contributed by atoms with Gasteiger partial charge in [0.15, 0.2) is 9.84 Å². The summed E-state index contributed by atoms with van der Waals surface area (Å²) in [6, 6.07) is 0. The number of hydrogen-bond donors (Lipinski definition) is 1. The summed E-state index contributed by atoms with van der Waals surface area (Å²) < 4.78 is 27.0. The molecule has 1 aliphatic carbocycles. The van der Waals surface area contributed by atoms with Crippen LogP contribution >= 0.6 is 11.6 Å². The second-order valence-electron chi connectivity index (χ2n) is 5.11. The van der Waals surface area contributed by atoms with Crippen LogP contribution in [-0.4, -0.2) is 32.8 Å². The minimum atomic E-state index is -3.48. The number of ether oxygens (including phenoxy) is 1. The van der Waals surface area contributed by atoms with Crippen LogP contribution in [0, 0.1) is 11.8 Å². The zero-order valence-corrected chi connectivity index (χ0v) is 12.2. The van der Waals surface area contributed by atoms with Gasteiger partial charge in [-0.1, -0.05) is 25.4 Å². The maximum absolute atomic E-state index is 11.6. The minimum Gasteiger partial charge on any atom is -0.465 e. The first-order chi connectivity index (χ1) is 8.06. The van der Waals surface area contributed by atoms with Gasteiger partial charge in [-0.15, -0.1) is 0 Å². The zero-order chi connectivity index (χ0) is 14.1. The summed E-state index contributed by atoms with van der Waals surface area (Å²) in [4.78, 5) is 11.6. The molecule has 0 aromatic heterocycles. The molecule has 1 saturated carbocycles. The van der Waals surface area contributed by atoms with E-state index in [1.165, 1.54) is 6.08 Å². The van der Waals surface area contributed by atoms with Crippen LogP contribution in [0.4, 0.5) is 0 Å². The largest absolute Gasteiger partial charge is 0.465 e. The second-order valence-corrected chi connectivity index (χ2v) is 7.73. The van der Waals surface area contributed by atoms with Gasteiger partial charge >= 0.3 is 5.97 Å². The van der Waals surface area contributed by atoms with Crippen molar-refractivity contribution in [3.8, 4) is 0 Å². The van der Waals surface area contributed by atoms with Crippen molar-refractivity contribution in [3.05, 3.63) is 10.4 Å². The first kappa shape index (κ1) is 15.5. The normalized spacial score (nSPS) is 28.3. The number of rotatable bonds is 5. The molecule has 0 aliphatic heterocycles. The molecule has 2 N–H and O–H groups in total. The molecule has 0 heterocycles. The van der Waals surface area contributed by atoms with E-state index in [1.54, 1.807) is 0 Å². The molecule has 0 spiro atoms. The molecule has 0 aromatic rings. The molecule has 1 unspecified atom stereocenters. The smallest absolute Gasteiger partial charge is 0.311 e. The minimum absolute atomic E-state index is 0.245. The van der Waals surface area contributed by atoms with Crippen molar-refractivity contribution < 1.29 is 17.9 Å². The number of esters is 1. The lowest BCUT2D eigenvalue weighted by Crippen LogP contribution is -2.27. The molecule has 0 saturated heterocycles. The predicted octanol–water partition coefficient (Wildman–Crippen LogP) is 1.03. The fraction of sp³-hybridized carbons (Fsp3) is 0.727. The van der Waals surface area contributed by atoms with Crippen molar-refractivity contribution in [2.24, 2.45) is 17.6 Å². The van der Waals surface area contributed by atoms with Gasteiger partial charge in [0.2, 0.25) is 0 Å². The van der Waals surface area contributed by atoms with Crippen LogP contribution in [0.5, 0.6) is 0 Å². The van der Waals surface area contributed by atoms with E-state index in [1.807, 2.05) is 13.8 Å². The Kier molecular flexibility index (Phi) is 4.46. The first-order valence-corrected chi connectivity index (χ1v) is 7.87. The molecule has 104 valence electrons. The highest BCUT2D eigenvalue weighted by molar-refractivity contribution is 7.96. The summed E-state index contributed by atoms with van der Waals surface area (Å²) in [5, 5.41) is 0. The number of carbonyl (C=O) groups is 1. The van der Waals surface area contributed by atoms with Gasteiger partial charge in [0.05, 0.1) is 18.1 Å². The third kappa shape index (κ3) is 3.96. The summed E-state index contributed by atoms with van der Waals surface area (Å²) >= 11 is 5.62. The molecular weight excluding hydrogens is 278 g/mol. The lowest BCUT2D eigenvalue weighted by molar-refractivity contribution is -0.146. The Labute approximate surface area is 112 Å². The van der Waals surface area contributed by atoms with Crippen molar-refractivity contribution >= 4 is 27.4 Å². The van der Waals surface area contributed by atoms with E-state index in [9.17, 15) is 13.2 Å². The van der Waals surface area contributed by atoms with Crippen LogP contribution in [0.3, 0.4) is 0 Å². The molecule has 1 rings (SSSR count). The van der Waals surface area contributed by atoms with E-state index in [2.05, 4.69) is 0 Å². The lowest BCUT2D eigenvalue weighted by Gasteiger charge is -2.09. The molecule has 5 nitrogen and oxygen atoms in total. The third-order valence-electron chi connectivity index (χ3n) is 2.63. The first-order valence-electron chi connectivity index (χ1n) is 5.60. The number of nitrogens with two attached hydrogens (primary N) is 1. The van der Waals surface area contributed by atoms with E-state index >= 15 is 0 Å². The van der Waals surface area contributed by atoms with Gasteiger partial charge in [0.25, 0.3) is 0 Å². The van der Waals surface area contributed by atoms with Gasteiger partial charge in [0, 0.05) is 6.26 Å². The Morgan fingerprint density at radius 3 is 2.61 bits per heavy atom. The third-order valence-corrected chi connectivity index (χ3v) is 4.40. The number of halogens is 1. The summed E-state index contributed by atoms with van der Waals surface area (Å²) in [7, 11) is -3.48. The van der Waals surface area contributed by atoms with Crippen LogP contribution in [0.2, 0.25) is 0 Å². The average molecular weight is 296 g/mol. The van der Waals surface area contributed by atoms with Crippen molar-refractivity contribution in [2.75, 3.05) is 12.9 Å². The Hall–Kier alpha value is -0.590. The molecule has 1 fully saturated rings. The molecule has 0 amide bonds. The number of carbonyl (C=O) groups excluding carboxylic acids is 1. The highest BCUT2D eigenvalue weighted by atomic mass is 35.5. The molecule has 0 radical (unpaired) electrons. The summed E-state index contributed by atoms with van der Waals surface area (Å²) in [6.45, 7) is 4.18. The number of hydrogen-bond acceptors (Lipinski definition) is 5. The number of sulfone groups is 1. The molecule has 7 heteroatoms. The van der Waals surface area contributed by atoms with E-state index in [4.69, 9.17) is 22.1 Å². The Bertz CT molecular complexity index is 471. The van der Waals surface area contributed by atoms with Crippen LogP contribution in [0.1, 0.15) is 20.3 Å². The highest BCUT2D eigenvalue weighted by Crippen LogP contribution is 2.44. The standard InChI is InChI=1S/C11H18ClNO4S/c1-7(2)6-17-10(14)8-4-11(8,13)5-9(12)18(3,15)16/h5,7-8H,4,6,13H2,1-3H3/b9-5+/t8-,11?/m0/s1. The zero-order valence-electron chi connectivity index (χ0n) is 10.6. The molecule has 0 bridgehead atoms. The van der Waals surface area contributed by atoms with E-state index in [0.29, 0.717) is 13.0 Å². The monoisotopic (exact) mass is 295 g/mol. The molecule has 1 aliphatic rings. The Morgan fingerprint density at radius 2 is 2.17 bits per heavy atom. The van der Waals surface area contributed by atoms with Gasteiger partial charge in [-0.25, -0.2) is 8.42 Å². The molecule has 2 atom stereocenters. The fourth-order valence-electron chi connectivity index (χ4n) is 1.42. The SMILES string of the molecule is CC(C)COC(=O)[C@@H]1CC1(N)/C=C(\Cl)S(C)(=O)=O. The van der Waals surface area contributed by atoms with Gasteiger partial charge in [-0.2, -0.15) is 0 Å². The fourth-order valence-corrected chi connectivity index (χ4v) is 2.06. The van der Waals surface area contributed by atoms with Gasteiger partial charge in [-0.3, -0.25) is 4.79 Å². The highest BCUT2D eigenvalue weighted by Gasteiger charge is 2.55. The van der Waals surface area contributed by atoms with Crippen molar-refractivity contribution in [3.63, 3.8) is 0 Å². The lowest BCUT2D eigenvalue weighted by atomic mass is 10.2. The van der Waals surface area contributed by atoms with Crippen LogP contribution in [0.15, 0.2) is 10.4 Å². The molecule has 18 heavy (non-hydrogen) atoms. The van der Waals surface area contributed by atoms with Crippen molar-refractivity contribution in [1.82, 2.24) is 0 Å². The molecule has 0 aromatic carbocycles. The maximum Gasteiger partial charge on any atom is 0.311 e. The summed E-state index contributed by atoms with van der Waals surface area (Å²) in [5.41, 5.74) is 4.88. The second kappa shape index (κ2) is 5.19. The maximum atomic E-state index is 11.6. The van der Waals surface area contributed by atoms with Crippen LogP contribution < -0.4 is 5.73 Å². The topological polar surface area (TPSA) is 86.5 Å². The van der Waals surface area contributed by atoms with E-state index < -0.39 is 27.3 Å². The Morgan fingerprint density at radius 1 is 1.61 bits per heavy atom. The van der Waals surface area contributed by atoms with Crippen molar-refractivity contribution in [1.29, 1.82) is 0 Å². The Balaban J connectivity index is 2.64. The molecular formula is C11H18ClNO4S. The van der Waals surface area contributed by atoms with E-state index in [0.717, 1.165) is 6.26 Å². The van der Waals surface area contributed by atoms with E-state index in [-0.39, 0.29) is 10.3 Å². The summed E-state index contributed by atoms with van der Waals surface area (Å²) in [5.74, 6) is -0.665. The average Bonchev–Trinajstić information content (AvgIpc) is 2.85. The van der Waals surface area contributed by atoms with Crippen LogP contribution in [-0.2, 0) is 19.4 Å². The van der Waals surface area contributed by atoms with Gasteiger partial charge in [0.1, 0.15) is 4.36 Å². The van der Waals surface area contributed by atoms with Crippen LogP contribution in [0.25, 0.3) is 0 Å².